The first-order chi connectivity index (χ1) is 45.4. The molecule has 0 aliphatic carbocycles. The van der Waals surface area contributed by atoms with Gasteiger partial charge in [0.2, 0.25) is 0 Å². The Balaban J connectivity index is 5.20. The number of carbonyl (C=O) groups is 4. The molecule has 0 radical (unpaired) electrons. The largest absolute Gasteiger partial charge is 0.472 e. The van der Waals surface area contributed by atoms with Gasteiger partial charge >= 0.3 is 39.5 Å². The van der Waals surface area contributed by atoms with Gasteiger partial charge in [-0.25, -0.2) is 9.13 Å². The fraction of sp³-hybridized carbons (Fsp3) is 0.947. The van der Waals surface area contributed by atoms with Gasteiger partial charge in [-0.1, -0.05) is 337 Å². The van der Waals surface area contributed by atoms with Crippen LogP contribution in [-0.2, 0) is 65.4 Å². The average molecular weight is 1380 g/mol. The number of phosphoric acid groups is 2. The predicted molar refractivity (Wildman–Crippen MR) is 381 cm³/mol. The van der Waals surface area contributed by atoms with Gasteiger partial charge < -0.3 is 33.8 Å². The Morgan fingerprint density at radius 2 is 0.543 bits per heavy atom. The number of aliphatic hydroxyl groups is 1. The van der Waals surface area contributed by atoms with Gasteiger partial charge in [0.05, 0.1) is 26.4 Å². The van der Waals surface area contributed by atoms with Crippen LogP contribution in [0.4, 0.5) is 0 Å². The number of carbonyl (C=O) groups excluding carboxylic acids is 4. The summed E-state index contributed by atoms with van der Waals surface area (Å²) in [6.07, 6.45) is 54.1. The lowest BCUT2D eigenvalue weighted by Crippen LogP contribution is -2.30. The van der Waals surface area contributed by atoms with E-state index >= 15 is 0 Å². The first-order valence-corrected chi connectivity index (χ1v) is 42.0. The third-order valence-corrected chi connectivity index (χ3v) is 19.7. The highest BCUT2D eigenvalue weighted by Gasteiger charge is 2.30. The molecular weight excluding hydrogens is 1230 g/mol. The number of phosphoric ester groups is 2. The van der Waals surface area contributed by atoms with Crippen LogP contribution in [-0.4, -0.2) is 96.7 Å². The summed E-state index contributed by atoms with van der Waals surface area (Å²) in [5.41, 5.74) is 0. The van der Waals surface area contributed by atoms with Crippen LogP contribution < -0.4 is 0 Å². The smallest absolute Gasteiger partial charge is 0.462 e. The van der Waals surface area contributed by atoms with E-state index in [0.29, 0.717) is 25.7 Å². The van der Waals surface area contributed by atoms with Crippen LogP contribution in [0, 0.1) is 11.8 Å². The average Bonchev–Trinajstić information content (AvgIpc) is 1.36. The number of esters is 4. The highest BCUT2D eigenvalue weighted by Crippen LogP contribution is 2.45. The lowest BCUT2D eigenvalue weighted by atomic mass is 9.99. The zero-order valence-corrected chi connectivity index (χ0v) is 63.1. The third-order valence-electron chi connectivity index (χ3n) is 17.8. The fourth-order valence-electron chi connectivity index (χ4n) is 11.4. The van der Waals surface area contributed by atoms with Crippen LogP contribution in [0.25, 0.3) is 0 Å². The molecule has 17 nitrogen and oxygen atoms in total. The van der Waals surface area contributed by atoms with Crippen molar-refractivity contribution in [2.75, 3.05) is 39.6 Å². The Bertz CT molecular complexity index is 1820. The normalized spacial score (nSPS) is 14.3. The molecule has 94 heavy (non-hydrogen) atoms. The first kappa shape index (κ1) is 92.1. The summed E-state index contributed by atoms with van der Waals surface area (Å²) < 4.78 is 68.4. The molecule has 0 saturated carbocycles. The Kier molecular flexibility index (Phi) is 65.5. The third kappa shape index (κ3) is 67.3. The van der Waals surface area contributed by atoms with Crippen molar-refractivity contribution in [3.63, 3.8) is 0 Å². The minimum absolute atomic E-state index is 0.106. The number of hydrogen-bond acceptors (Lipinski definition) is 15. The molecule has 0 rings (SSSR count). The highest BCUT2D eigenvalue weighted by molar-refractivity contribution is 7.47. The minimum atomic E-state index is -4.96. The predicted octanol–water partition coefficient (Wildman–Crippen LogP) is 21.9. The second-order valence-corrected chi connectivity index (χ2v) is 30.7. The van der Waals surface area contributed by atoms with E-state index in [2.05, 4.69) is 41.5 Å². The summed E-state index contributed by atoms with van der Waals surface area (Å²) in [5.74, 6) is -0.536. The molecular formula is C75H146O17P2. The molecule has 0 saturated heterocycles. The second-order valence-electron chi connectivity index (χ2n) is 27.8. The van der Waals surface area contributed by atoms with Crippen LogP contribution in [0.5, 0.6) is 0 Å². The molecule has 0 aromatic rings. The van der Waals surface area contributed by atoms with Gasteiger partial charge in [0.15, 0.2) is 12.2 Å². The molecule has 0 aromatic heterocycles. The van der Waals surface area contributed by atoms with Crippen molar-refractivity contribution >= 4 is 39.5 Å². The topological polar surface area (TPSA) is 237 Å². The summed E-state index contributed by atoms with van der Waals surface area (Å²) in [5, 5.41) is 10.6. The van der Waals surface area contributed by atoms with Crippen molar-refractivity contribution in [3.8, 4) is 0 Å². The van der Waals surface area contributed by atoms with Crippen molar-refractivity contribution in [2.24, 2.45) is 11.8 Å². The summed E-state index contributed by atoms with van der Waals surface area (Å²) in [7, 11) is -9.90. The van der Waals surface area contributed by atoms with Crippen LogP contribution in [0.2, 0.25) is 0 Å². The lowest BCUT2D eigenvalue weighted by molar-refractivity contribution is -0.161. The summed E-state index contributed by atoms with van der Waals surface area (Å²) >= 11 is 0. The lowest BCUT2D eigenvalue weighted by Gasteiger charge is -2.21. The molecule has 0 spiro atoms. The molecule has 19 heteroatoms. The maximum atomic E-state index is 13.1. The van der Waals surface area contributed by atoms with Gasteiger partial charge in [0.25, 0.3) is 0 Å². The quantitative estimate of drug-likeness (QED) is 0.0222. The SMILES string of the molecule is CCCCCCCCCCCCCCCCCCCCC(=O)O[C@H](COC(=O)CCCCCCCCCCCCCCC(C)C)COP(=O)(O)OC[C@@H](O)COP(=O)(O)OC[C@@H](COC(=O)CCCCCCCCC)OC(=O)CCCCCCCCCCCCC(C)CC. The molecule has 0 aromatic carbocycles. The molecule has 0 aliphatic heterocycles. The zero-order chi connectivity index (χ0) is 69.3. The number of aliphatic hydroxyl groups excluding tert-OH is 1. The van der Waals surface area contributed by atoms with Gasteiger partial charge in [-0.3, -0.25) is 37.3 Å². The van der Waals surface area contributed by atoms with Crippen molar-refractivity contribution in [3.05, 3.63) is 0 Å². The van der Waals surface area contributed by atoms with Gasteiger partial charge in [0.1, 0.15) is 19.3 Å². The maximum absolute atomic E-state index is 13.1. The van der Waals surface area contributed by atoms with E-state index in [4.69, 9.17) is 37.0 Å². The molecule has 3 unspecified atom stereocenters. The number of unbranched alkanes of at least 4 members (excludes halogenated alkanes) is 43. The summed E-state index contributed by atoms with van der Waals surface area (Å²) in [6, 6.07) is 0. The minimum Gasteiger partial charge on any atom is -0.462 e. The van der Waals surface area contributed by atoms with Crippen molar-refractivity contribution in [2.45, 2.75) is 407 Å². The molecule has 0 bridgehead atoms. The van der Waals surface area contributed by atoms with E-state index in [9.17, 15) is 43.2 Å². The van der Waals surface area contributed by atoms with Crippen molar-refractivity contribution in [1.29, 1.82) is 0 Å². The van der Waals surface area contributed by atoms with Gasteiger partial charge in [-0.05, 0) is 37.5 Å². The van der Waals surface area contributed by atoms with E-state index in [1.165, 1.54) is 193 Å². The fourth-order valence-corrected chi connectivity index (χ4v) is 13.0. The monoisotopic (exact) mass is 1380 g/mol. The Morgan fingerprint density at radius 1 is 0.309 bits per heavy atom. The van der Waals surface area contributed by atoms with Gasteiger partial charge in [-0.15, -0.1) is 0 Å². The van der Waals surface area contributed by atoms with Crippen LogP contribution >= 0.6 is 15.6 Å². The van der Waals surface area contributed by atoms with E-state index in [0.717, 1.165) is 115 Å². The Hall–Kier alpha value is -1.94. The molecule has 0 heterocycles. The van der Waals surface area contributed by atoms with Crippen molar-refractivity contribution < 1.29 is 80.2 Å². The van der Waals surface area contributed by atoms with E-state index < -0.39 is 97.5 Å². The maximum Gasteiger partial charge on any atom is 0.472 e. The Morgan fingerprint density at radius 3 is 0.809 bits per heavy atom. The first-order valence-electron chi connectivity index (χ1n) is 39.0. The van der Waals surface area contributed by atoms with Gasteiger partial charge in [-0.2, -0.15) is 0 Å². The zero-order valence-electron chi connectivity index (χ0n) is 61.3. The standard InChI is InChI=1S/C75H146O17P2/c1-7-10-12-14-16-17-18-19-20-21-22-23-24-29-35-41-47-53-59-74(79)92-71(64-86-73(78)58-52-46-40-34-28-26-25-27-32-38-43-49-55-67(4)5)66-90-94(83,84)88-62-69(76)61-87-93(81,82)89-65-70(63-85-72(77)57-51-45-37-15-13-11-8-2)91-75(80)60-54-48-42-36-31-30-33-39-44-50-56-68(6)9-3/h67-71,76H,7-66H2,1-6H3,(H,81,82)(H,83,84)/t68?,69-,70+,71+/m0/s1. The highest BCUT2D eigenvalue weighted by atomic mass is 31.2. The van der Waals surface area contributed by atoms with Crippen molar-refractivity contribution in [1.82, 2.24) is 0 Å². The number of ether oxygens (including phenoxy) is 4. The molecule has 6 atom stereocenters. The molecule has 558 valence electrons. The van der Waals surface area contributed by atoms with E-state index in [1.54, 1.807) is 0 Å². The number of hydrogen-bond donors (Lipinski definition) is 3. The second kappa shape index (κ2) is 66.9. The number of rotatable bonds is 74. The van der Waals surface area contributed by atoms with E-state index in [-0.39, 0.29) is 25.7 Å². The Labute approximate surface area is 575 Å². The van der Waals surface area contributed by atoms with E-state index in [1.807, 2.05) is 0 Å². The molecule has 0 amide bonds. The summed E-state index contributed by atoms with van der Waals surface area (Å²) in [4.78, 5) is 72.7. The molecule has 0 fully saturated rings. The van der Waals surface area contributed by atoms with Crippen LogP contribution in [0.15, 0.2) is 0 Å². The molecule has 3 N–H and O–H groups in total. The molecule has 0 aliphatic rings. The van der Waals surface area contributed by atoms with Gasteiger partial charge in [0, 0.05) is 25.7 Å². The van der Waals surface area contributed by atoms with Crippen LogP contribution in [0.1, 0.15) is 388 Å². The summed E-state index contributed by atoms with van der Waals surface area (Å²) in [6.45, 7) is 9.59. The van der Waals surface area contributed by atoms with Crippen LogP contribution in [0.3, 0.4) is 0 Å².